The van der Waals surface area contributed by atoms with Crippen LogP contribution in [0.2, 0.25) is 0 Å². The first-order chi connectivity index (χ1) is 8.40. The van der Waals surface area contributed by atoms with Gasteiger partial charge in [-0.2, -0.15) is 4.98 Å². The highest BCUT2D eigenvalue weighted by Gasteiger charge is 2.39. The fourth-order valence-corrected chi connectivity index (χ4v) is 3.41. The van der Waals surface area contributed by atoms with Gasteiger partial charge in [0.15, 0.2) is 5.82 Å². The minimum absolute atomic E-state index is 0.322. The van der Waals surface area contributed by atoms with Crippen LogP contribution in [-0.2, 0) is 0 Å². The van der Waals surface area contributed by atoms with Crippen molar-refractivity contribution in [1.29, 1.82) is 0 Å². The lowest BCUT2D eigenvalue weighted by atomic mass is 9.85. The Kier molecular flexibility index (Phi) is 2.25. The van der Waals surface area contributed by atoms with Crippen LogP contribution >= 0.6 is 0 Å². The molecule has 1 aliphatic heterocycles. The van der Waals surface area contributed by atoms with E-state index >= 15 is 0 Å². The third-order valence-electron chi connectivity index (χ3n) is 4.56. The summed E-state index contributed by atoms with van der Waals surface area (Å²) in [5.41, 5.74) is 0. The quantitative estimate of drug-likeness (QED) is 0.852. The molecule has 17 heavy (non-hydrogen) atoms. The first-order valence-electron chi connectivity index (χ1n) is 7.00. The zero-order valence-corrected chi connectivity index (χ0v) is 10.1. The van der Waals surface area contributed by atoms with Crippen molar-refractivity contribution in [3.05, 3.63) is 11.7 Å². The van der Waals surface area contributed by atoms with Gasteiger partial charge in [0.1, 0.15) is 0 Å². The normalized spacial score (nSPS) is 37.1. The first-order valence-corrected chi connectivity index (χ1v) is 7.00. The molecule has 4 rings (SSSR count). The molecule has 2 saturated carbocycles. The number of nitrogens with one attached hydrogen (secondary N) is 1. The third-order valence-corrected chi connectivity index (χ3v) is 4.56. The van der Waals surface area contributed by atoms with E-state index in [1.807, 2.05) is 0 Å². The maximum atomic E-state index is 5.43. The summed E-state index contributed by atoms with van der Waals surface area (Å²) in [5, 5.41) is 7.80. The summed E-state index contributed by atoms with van der Waals surface area (Å²) >= 11 is 0. The SMILES string of the molecule is C1CCC2NC(c3nc(C4CC4)no3)CC2C1. The highest BCUT2D eigenvalue weighted by Crippen LogP contribution is 2.41. The summed E-state index contributed by atoms with van der Waals surface area (Å²) in [5.74, 6) is 3.21. The van der Waals surface area contributed by atoms with Crippen molar-refractivity contribution in [2.45, 2.75) is 62.9 Å². The zero-order chi connectivity index (χ0) is 11.2. The Morgan fingerprint density at radius 1 is 1.12 bits per heavy atom. The Hall–Kier alpha value is -0.900. The third kappa shape index (κ3) is 1.79. The highest BCUT2D eigenvalue weighted by molar-refractivity contribution is 5.07. The molecule has 1 N–H and O–H groups in total. The average molecular weight is 233 g/mol. The van der Waals surface area contributed by atoms with Crippen LogP contribution in [0.1, 0.15) is 68.6 Å². The predicted molar refractivity (Wildman–Crippen MR) is 62.5 cm³/mol. The van der Waals surface area contributed by atoms with Crippen molar-refractivity contribution in [3.8, 4) is 0 Å². The summed E-state index contributed by atoms with van der Waals surface area (Å²) in [6, 6.07) is 1.02. The van der Waals surface area contributed by atoms with Crippen LogP contribution < -0.4 is 5.32 Å². The van der Waals surface area contributed by atoms with Crippen molar-refractivity contribution in [2.75, 3.05) is 0 Å². The predicted octanol–water partition coefficient (Wildman–Crippen LogP) is 2.54. The summed E-state index contributed by atoms with van der Waals surface area (Å²) in [4.78, 5) is 4.57. The maximum absolute atomic E-state index is 5.43. The molecule has 0 spiro atoms. The molecule has 3 unspecified atom stereocenters. The van der Waals surface area contributed by atoms with Crippen molar-refractivity contribution in [2.24, 2.45) is 5.92 Å². The number of aromatic nitrogens is 2. The van der Waals surface area contributed by atoms with Crippen molar-refractivity contribution < 1.29 is 4.52 Å². The van der Waals surface area contributed by atoms with Gasteiger partial charge < -0.3 is 9.84 Å². The Balaban J connectivity index is 1.50. The molecule has 4 nitrogen and oxygen atoms in total. The van der Waals surface area contributed by atoms with Crippen LogP contribution in [0, 0.1) is 5.92 Å². The van der Waals surface area contributed by atoms with Crippen LogP contribution in [0.25, 0.3) is 0 Å². The standard InChI is InChI=1S/C13H19N3O/c1-2-4-10-9(3-1)7-11(14-10)13-15-12(16-17-13)8-5-6-8/h8-11,14H,1-7H2. The molecule has 1 aromatic rings. The molecule has 92 valence electrons. The minimum atomic E-state index is 0.322. The van der Waals surface area contributed by atoms with E-state index in [1.165, 1.54) is 44.9 Å². The fraction of sp³-hybridized carbons (Fsp3) is 0.846. The van der Waals surface area contributed by atoms with Gasteiger partial charge >= 0.3 is 0 Å². The van der Waals surface area contributed by atoms with Crippen LogP contribution in [0.5, 0.6) is 0 Å². The van der Waals surface area contributed by atoms with Gasteiger partial charge in [-0.15, -0.1) is 0 Å². The van der Waals surface area contributed by atoms with E-state index in [-0.39, 0.29) is 0 Å². The van der Waals surface area contributed by atoms with E-state index in [4.69, 9.17) is 4.52 Å². The average Bonchev–Trinajstić information content (AvgIpc) is 2.94. The van der Waals surface area contributed by atoms with Crippen LogP contribution in [-0.4, -0.2) is 16.2 Å². The van der Waals surface area contributed by atoms with Gasteiger partial charge in [0.25, 0.3) is 0 Å². The largest absolute Gasteiger partial charge is 0.338 e. The van der Waals surface area contributed by atoms with Gasteiger partial charge in [-0.3, -0.25) is 0 Å². The second kappa shape index (κ2) is 3.80. The molecule has 0 bridgehead atoms. The molecule has 0 amide bonds. The molecule has 0 radical (unpaired) electrons. The van der Waals surface area contributed by atoms with Crippen LogP contribution in [0.15, 0.2) is 4.52 Å². The van der Waals surface area contributed by atoms with Gasteiger partial charge in [-0.05, 0) is 38.0 Å². The molecule has 3 aliphatic rings. The van der Waals surface area contributed by atoms with E-state index in [2.05, 4.69) is 15.5 Å². The number of rotatable bonds is 2. The van der Waals surface area contributed by atoms with E-state index < -0.39 is 0 Å². The Labute approximate surface area is 101 Å². The summed E-state index contributed by atoms with van der Waals surface area (Å²) in [7, 11) is 0. The van der Waals surface area contributed by atoms with Gasteiger partial charge in [-0.25, -0.2) is 0 Å². The lowest BCUT2D eigenvalue weighted by molar-refractivity contribution is 0.324. The number of nitrogens with zero attached hydrogens (tertiary/aromatic N) is 2. The van der Waals surface area contributed by atoms with Crippen LogP contribution in [0.4, 0.5) is 0 Å². The summed E-state index contributed by atoms with van der Waals surface area (Å²) in [6.07, 6.45) is 9.13. The van der Waals surface area contributed by atoms with Gasteiger partial charge in [0.05, 0.1) is 6.04 Å². The smallest absolute Gasteiger partial charge is 0.243 e. The molecule has 2 heterocycles. The molecular formula is C13H19N3O. The molecule has 3 fully saturated rings. The Bertz CT molecular complexity index is 399. The van der Waals surface area contributed by atoms with E-state index in [0.717, 1.165) is 17.6 Å². The van der Waals surface area contributed by atoms with Crippen LogP contribution in [0.3, 0.4) is 0 Å². The fourth-order valence-electron chi connectivity index (χ4n) is 3.41. The first kappa shape index (κ1) is 10.1. The van der Waals surface area contributed by atoms with Crippen molar-refractivity contribution >= 4 is 0 Å². The number of fused-ring (bicyclic) bond motifs is 1. The van der Waals surface area contributed by atoms with E-state index in [1.54, 1.807) is 0 Å². The second-order valence-corrected chi connectivity index (χ2v) is 5.87. The Morgan fingerprint density at radius 2 is 2.00 bits per heavy atom. The van der Waals surface area contributed by atoms with E-state index in [0.29, 0.717) is 18.0 Å². The molecule has 2 aliphatic carbocycles. The molecule has 1 aromatic heterocycles. The monoisotopic (exact) mass is 233 g/mol. The number of hydrogen-bond donors (Lipinski definition) is 1. The number of hydrogen-bond acceptors (Lipinski definition) is 4. The molecule has 4 heteroatoms. The molecular weight excluding hydrogens is 214 g/mol. The molecule has 1 saturated heterocycles. The van der Waals surface area contributed by atoms with E-state index in [9.17, 15) is 0 Å². The molecule has 0 aromatic carbocycles. The van der Waals surface area contributed by atoms with Crippen molar-refractivity contribution in [1.82, 2.24) is 15.5 Å². The second-order valence-electron chi connectivity index (χ2n) is 5.87. The summed E-state index contributed by atoms with van der Waals surface area (Å²) < 4.78 is 5.43. The lowest BCUT2D eigenvalue weighted by Crippen LogP contribution is -2.30. The van der Waals surface area contributed by atoms with Gasteiger partial charge in [0.2, 0.25) is 5.89 Å². The van der Waals surface area contributed by atoms with Gasteiger partial charge in [-0.1, -0.05) is 18.0 Å². The minimum Gasteiger partial charge on any atom is -0.338 e. The lowest BCUT2D eigenvalue weighted by Gasteiger charge is -2.24. The van der Waals surface area contributed by atoms with Gasteiger partial charge in [0, 0.05) is 12.0 Å². The summed E-state index contributed by atoms with van der Waals surface area (Å²) in [6.45, 7) is 0. The highest BCUT2D eigenvalue weighted by atomic mass is 16.5. The zero-order valence-electron chi connectivity index (χ0n) is 10.1. The van der Waals surface area contributed by atoms with Crippen molar-refractivity contribution in [3.63, 3.8) is 0 Å². The Morgan fingerprint density at radius 3 is 2.82 bits per heavy atom. The maximum Gasteiger partial charge on any atom is 0.243 e. The molecule has 3 atom stereocenters. The topological polar surface area (TPSA) is 51.0 Å².